The maximum Gasteiger partial charge on any atom is 0.312 e. The Balaban J connectivity index is 2.39. The fourth-order valence-corrected chi connectivity index (χ4v) is 1.99. The van der Waals surface area contributed by atoms with Gasteiger partial charge in [-0.05, 0) is 37.3 Å². The van der Waals surface area contributed by atoms with Crippen LogP contribution in [0.25, 0.3) is 0 Å². The molecule has 0 saturated carbocycles. The first-order valence-corrected chi connectivity index (χ1v) is 6.60. The lowest BCUT2D eigenvalue weighted by atomic mass is 10.1. The van der Waals surface area contributed by atoms with E-state index in [-0.39, 0.29) is 28.5 Å². The molecule has 0 fully saturated rings. The number of benzene rings is 2. The monoisotopic (exact) mass is 353 g/mol. The average molecular weight is 354 g/mol. The molecule has 0 amide bonds. The van der Waals surface area contributed by atoms with Crippen molar-refractivity contribution in [2.75, 3.05) is 0 Å². The summed E-state index contributed by atoms with van der Waals surface area (Å²) < 4.78 is 19.6. The van der Waals surface area contributed by atoms with Crippen LogP contribution in [-0.2, 0) is 0 Å². The predicted molar refractivity (Wildman–Crippen MR) is 77.3 cm³/mol. The van der Waals surface area contributed by atoms with Gasteiger partial charge < -0.3 is 4.74 Å². The van der Waals surface area contributed by atoms with E-state index < -0.39 is 10.7 Å². The highest BCUT2D eigenvalue weighted by Gasteiger charge is 2.18. The van der Waals surface area contributed by atoms with Crippen LogP contribution in [0.5, 0.6) is 11.5 Å². The van der Waals surface area contributed by atoms with E-state index in [1.165, 1.54) is 31.2 Å². The molecule has 0 bridgehead atoms. The van der Waals surface area contributed by atoms with Crippen molar-refractivity contribution in [1.29, 1.82) is 0 Å². The summed E-state index contributed by atoms with van der Waals surface area (Å²) in [6, 6.07) is 7.85. The van der Waals surface area contributed by atoms with Gasteiger partial charge in [0, 0.05) is 16.1 Å². The van der Waals surface area contributed by atoms with E-state index in [0.29, 0.717) is 4.47 Å². The summed E-state index contributed by atoms with van der Waals surface area (Å²) in [5.74, 6) is -1.32. The van der Waals surface area contributed by atoms with Gasteiger partial charge >= 0.3 is 5.69 Å². The van der Waals surface area contributed by atoms with Crippen molar-refractivity contribution in [2.24, 2.45) is 0 Å². The highest BCUT2D eigenvalue weighted by molar-refractivity contribution is 9.10. The van der Waals surface area contributed by atoms with Gasteiger partial charge in [-0.1, -0.05) is 15.9 Å². The molecular formula is C14H9BrFNO4. The molecule has 5 nitrogen and oxygen atoms in total. The van der Waals surface area contributed by atoms with Gasteiger partial charge in [-0.3, -0.25) is 14.9 Å². The van der Waals surface area contributed by atoms with Gasteiger partial charge in [0.05, 0.1) is 4.92 Å². The van der Waals surface area contributed by atoms with E-state index in [2.05, 4.69) is 15.9 Å². The number of ketones is 1. The van der Waals surface area contributed by atoms with Crippen LogP contribution < -0.4 is 4.74 Å². The molecule has 0 saturated heterocycles. The van der Waals surface area contributed by atoms with E-state index >= 15 is 0 Å². The van der Waals surface area contributed by atoms with E-state index in [1.807, 2.05) is 0 Å². The average Bonchev–Trinajstić information content (AvgIpc) is 2.42. The Morgan fingerprint density at radius 2 is 1.90 bits per heavy atom. The number of carbonyl (C=O) groups excluding carboxylic acids is 1. The lowest BCUT2D eigenvalue weighted by Gasteiger charge is -2.08. The number of carbonyl (C=O) groups is 1. The highest BCUT2D eigenvalue weighted by atomic mass is 79.9. The number of nitrogens with zero attached hydrogens (tertiary/aromatic N) is 1. The molecule has 2 rings (SSSR count). The second kappa shape index (κ2) is 6.01. The Morgan fingerprint density at radius 3 is 2.48 bits per heavy atom. The number of halogens is 2. The van der Waals surface area contributed by atoms with Crippen LogP contribution in [0.1, 0.15) is 17.3 Å². The van der Waals surface area contributed by atoms with Crippen LogP contribution in [0.4, 0.5) is 10.1 Å². The molecule has 2 aromatic rings. The minimum absolute atomic E-state index is 0.0855. The van der Waals surface area contributed by atoms with Crippen LogP contribution in [0.15, 0.2) is 40.9 Å². The fraction of sp³-hybridized carbons (Fsp3) is 0.0714. The standard InChI is InChI=1S/C14H9BrFNO4/c1-8(18)9-2-4-13(11(16)6-9)21-14-5-3-10(15)7-12(14)17(19)20/h2-7H,1H3. The second-order valence-electron chi connectivity index (χ2n) is 4.17. The molecule has 21 heavy (non-hydrogen) atoms. The molecule has 7 heteroatoms. The van der Waals surface area contributed by atoms with Crippen molar-refractivity contribution in [3.05, 3.63) is 62.4 Å². The number of hydrogen-bond acceptors (Lipinski definition) is 4. The molecule has 0 aliphatic carbocycles. The number of ether oxygens (including phenoxy) is 1. The van der Waals surface area contributed by atoms with Gasteiger partial charge in [0.1, 0.15) is 0 Å². The lowest BCUT2D eigenvalue weighted by molar-refractivity contribution is -0.385. The molecule has 0 aromatic heterocycles. The fourth-order valence-electron chi connectivity index (χ4n) is 1.64. The van der Waals surface area contributed by atoms with Crippen LogP contribution in [-0.4, -0.2) is 10.7 Å². The lowest BCUT2D eigenvalue weighted by Crippen LogP contribution is -1.97. The Labute approximate surface area is 127 Å². The molecule has 0 N–H and O–H groups in total. The van der Waals surface area contributed by atoms with E-state index in [0.717, 1.165) is 6.07 Å². The molecular weight excluding hydrogens is 345 g/mol. The van der Waals surface area contributed by atoms with Gasteiger partial charge in [-0.2, -0.15) is 0 Å². The first-order valence-electron chi connectivity index (χ1n) is 5.81. The first kappa shape index (κ1) is 15.1. The van der Waals surface area contributed by atoms with Gasteiger partial charge in [-0.25, -0.2) is 4.39 Å². The normalized spacial score (nSPS) is 10.2. The predicted octanol–water partition coefficient (Wildman–Crippen LogP) is 4.49. The quantitative estimate of drug-likeness (QED) is 0.461. The van der Waals surface area contributed by atoms with E-state index in [4.69, 9.17) is 4.74 Å². The topological polar surface area (TPSA) is 69.4 Å². The summed E-state index contributed by atoms with van der Waals surface area (Å²) in [6.07, 6.45) is 0. The molecule has 0 aliphatic heterocycles. The van der Waals surface area contributed by atoms with Crippen LogP contribution in [0.3, 0.4) is 0 Å². The molecule has 108 valence electrons. The maximum atomic E-state index is 13.9. The van der Waals surface area contributed by atoms with Gasteiger partial charge in [0.25, 0.3) is 0 Å². The Morgan fingerprint density at radius 1 is 1.24 bits per heavy atom. The van der Waals surface area contributed by atoms with Gasteiger partial charge in [-0.15, -0.1) is 0 Å². The highest BCUT2D eigenvalue weighted by Crippen LogP contribution is 2.34. The molecule has 0 radical (unpaired) electrons. The minimum Gasteiger partial charge on any atom is -0.447 e. The zero-order valence-corrected chi connectivity index (χ0v) is 12.4. The molecule has 0 heterocycles. The third-order valence-electron chi connectivity index (χ3n) is 2.68. The number of rotatable bonds is 4. The Bertz CT molecular complexity index is 733. The zero-order chi connectivity index (χ0) is 15.6. The van der Waals surface area contributed by atoms with Crippen LogP contribution in [0.2, 0.25) is 0 Å². The van der Waals surface area contributed by atoms with E-state index in [1.54, 1.807) is 6.07 Å². The first-order chi connectivity index (χ1) is 9.88. The van der Waals surface area contributed by atoms with E-state index in [9.17, 15) is 19.3 Å². The Kier molecular flexibility index (Phi) is 4.32. The van der Waals surface area contributed by atoms with Crippen molar-refractivity contribution in [2.45, 2.75) is 6.92 Å². The van der Waals surface area contributed by atoms with Crippen molar-refractivity contribution in [3.63, 3.8) is 0 Å². The smallest absolute Gasteiger partial charge is 0.312 e. The van der Waals surface area contributed by atoms with Crippen molar-refractivity contribution in [1.82, 2.24) is 0 Å². The maximum absolute atomic E-state index is 13.9. The molecule has 0 aliphatic rings. The summed E-state index contributed by atoms with van der Waals surface area (Å²) >= 11 is 3.12. The molecule has 2 aromatic carbocycles. The molecule has 0 atom stereocenters. The summed E-state index contributed by atoms with van der Waals surface area (Å²) in [4.78, 5) is 21.5. The van der Waals surface area contributed by atoms with Crippen LogP contribution in [0, 0.1) is 15.9 Å². The second-order valence-corrected chi connectivity index (χ2v) is 5.09. The number of nitro benzene ring substituents is 1. The molecule has 0 unspecified atom stereocenters. The van der Waals surface area contributed by atoms with Gasteiger partial charge in [0.15, 0.2) is 17.3 Å². The number of Topliss-reactive ketones (excluding diaryl/α,β-unsaturated/α-hetero) is 1. The number of nitro groups is 1. The number of hydrogen-bond donors (Lipinski definition) is 0. The summed E-state index contributed by atoms with van der Waals surface area (Å²) in [7, 11) is 0. The summed E-state index contributed by atoms with van der Waals surface area (Å²) in [6.45, 7) is 1.31. The third-order valence-corrected chi connectivity index (χ3v) is 3.17. The van der Waals surface area contributed by atoms with Crippen LogP contribution >= 0.6 is 15.9 Å². The largest absolute Gasteiger partial charge is 0.447 e. The summed E-state index contributed by atoms with van der Waals surface area (Å²) in [5.41, 5.74) is -0.0930. The van der Waals surface area contributed by atoms with Crippen molar-refractivity contribution >= 4 is 27.4 Å². The Hall–Kier alpha value is -2.28. The SMILES string of the molecule is CC(=O)c1ccc(Oc2ccc(Br)cc2[N+](=O)[O-])c(F)c1. The molecule has 0 spiro atoms. The van der Waals surface area contributed by atoms with Crippen molar-refractivity contribution in [3.8, 4) is 11.5 Å². The minimum atomic E-state index is -0.764. The summed E-state index contributed by atoms with van der Waals surface area (Å²) in [5, 5.41) is 11.0. The van der Waals surface area contributed by atoms with Crippen molar-refractivity contribution < 1.29 is 18.8 Å². The third kappa shape index (κ3) is 3.43. The van der Waals surface area contributed by atoms with Gasteiger partial charge in [0.2, 0.25) is 5.75 Å². The zero-order valence-electron chi connectivity index (χ0n) is 10.8.